The summed E-state index contributed by atoms with van der Waals surface area (Å²) < 4.78 is 13.1. The molecule has 1 amide bonds. The van der Waals surface area contributed by atoms with Gasteiger partial charge in [0.2, 0.25) is 0 Å². The molecule has 1 saturated heterocycles. The smallest absolute Gasteiger partial charge is 0.253 e. The number of carbonyl (C=O) groups is 1. The van der Waals surface area contributed by atoms with Gasteiger partial charge in [0.25, 0.3) is 5.91 Å². The molecular weight excluding hydrogens is 269 g/mol. The van der Waals surface area contributed by atoms with Crippen molar-refractivity contribution in [3.8, 4) is 0 Å². The van der Waals surface area contributed by atoms with Crippen molar-refractivity contribution in [1.29, 1.82) is 0 Å². The second kappa shape index (κ2) is 6.10. The number of hydrogen-bond acceptors (Lipinski definition) is 3. The first-order valence-electron chi connectivity index (χ1n) is 7.83. The zero-order valence-corrected chi connectivity index (χ0v) is 12.2. The lowest BCUT2D eigenvalue weighted by Crippen LogP contribution is -2.57. The molecule has 0 radical (unpaired) electrons. The lowest BCUT2D eigenvalue weighted by molar-refractivity contribution is 0.0892. The highest BCUT2D eigenvalue weighted by atomic mass is 19.1. The summed E-state index contributed by atoms with van der Waals surface area (Å²) in [4.78, 5) is 15.9. The second-order valence-corrected chi connectivity index (χ2v) is 6.32. The fourth-order valence-corrected chi connectivity index (χ4v) is 3.69. The van der Waals surface area contributed by atoms with Crippen LogP contribution < -0.4 is 10.6 Å². The van der Waals surface area contributed by atoms with Crippen molar-refractivity contribution in [3.63, 3.8) is 0 Å². The molecule has 0 aromatic carbocycles. The summed E-state index contributed by atoms with van der Waals surface area (Å²) in [6.45, 7) is 0.937. The third-order valence-corrected chi connectivity index (χ3v) is 4.74. The quantitative estimate of drug-likeness (QED) is 0.880. The zero-order valence-electron chi connectivity index (χ0n) is 12.2. The molecule has 1 aromatic heterocycles. The standard InChI is InChI=1S/C16H22FN3O/c17-13-8-12(10-18-11-13)15(21)20-14-4-7-19-16(9-14)5-2-1-3-6-16/h8,10-11,14,19H,1-7,9H2,(H,20,21). The van der Waals surface area contributed by atoms with Crippen LogP contribution in [-0.2, 0) is 0 Å². The normalized spacial score (nSPS) is 24.7. The molecule has 1 aliphatic heterocycles. The maximum absolute atomic E-state index is 13.1. The van der Waals surface area contributed by atoms with Crippen LogP contribution in [-0.4, -0.2) is 29.0 Å². The lowest BCUT2D eigenvalue weighted by atomic mass is 9.75. The number of aromatic nitrogens is 1. The molecule has 21 heavy (non-hydrogen) atoms. The Hall–Kier alpha value is -1.49. The predicted molar refractivity (Wildman–Crippen MR) is 78.5 cm³/mol. The first-order valence-corrected chi connectivity index (χ1v) is 7.83. The Morgan fingerprint density at radius 3 is 2.90 bits per heavy atom. The van der Waals surface area contributed by atoms with Gasteiger partial charge in [0.05, 0.1) is 11.8 Å². The van der Waals surface area contributed by atoms with Crippen LogP contribution in [0.4, 0.5) is 4.39 Å². The molecule has 1 aromatic rings. The van der Waals surface area contributed by atoms with Gasteiger partial charge in [0.1, 0.15) is 5.82 Å². The molecule has 4 nitrogen and oxygen atoms in total. The van der Waals surface area contributed by atoms with E-state index in [0.717, 1.165) is 25.6 Å². The Morgan fingerprint density at radius 1 is 1.33 bits per heavy atom. The first kappa shape index (κ1) is 14.4. The Kier molecular flexibility index (Phi) is 4.19. The van der Waals surface area contributed by atoms with Crippen molar-refractivity contribution in [2.75, 3.05) is 6.54 Å². The van der Waals surface area contributed by atoms with E-state index in [4.69, 9.17) is 0 Å². The van der Waals surface area contributed by atoms with Crippen LogP contribution in [0.2, 0.25) is 0 Å². The number of rotatable bonds is 2. The van der Waals surface area contributed by atoms with Gasteiger partial charge in [-0.15, -0.1) is 0 Å². The molecule has 114 valence electrons. The molecule has 3 rings (SSSR count). The average molecular weight is 291 g/mol. The molecule has 5 heteroatoms. The van der Waals surface area contributed by atoms with Crippen molar-refractivity contribution in [1.82, 2.24) is 15.6 Å². The van der Waals surface area contributed by atoms with Crippen molar-refractivity contribution in [2.45, 2.75) is 56.5 Å². The van der Waals surface area contributed by atoms with Crippen molar-refractivity contribution >= 4 is 5.91 Å². The van der Waals surface area contributed by atoms with Gasteiger partial charge in [-0.2, -0.15) is 0 Å². The maximum atomic E-state index is 13.1. The highest BCUT2D eigenvalue weighted by Gasteiger charge is 2.37. The maximum Gasteiger partial charge on any atom is 0.253 e. The van der Waals surface area contributed by atoms with Crippen LogP contribution in [0.15, 0.2) is 18.5 Å². The van der Waals surface area contributed by atoms with Crippen molar-refractivity contribution in [2.24, 2.45) is 0 Å². The molecule has 1 unspecified atom stereocenters. The van der Waals surface area contributed by atoms with E-state index < -0.39 is 5.82 Å². The van der Waals surface area contributed by atoms with E-state index >= 15 is 0 Å². The fourth-order valence-electron chi connectivity index (χ4n) is 3.69. The number of carbonyl (C=O) groups excluding carboxylic acids is 1. The summed E-state index contributed by atoms with van der Waals surface area (Å²) in [5.74, 6) is -0.698. The van der Waals surface area contributed by atoms with Crippen molar-refractivity contribution < 1.29 is 9.18 Å². The van der Waals surface area contributed by atoms with E-state index in [-0.39, 0.29) is 17.5 Å². The van der Waals surface area contributed by atoms with E-state index in [0.29, 0.717) is 5.56 Å². The molecule has 2 N–H and O–H groups in total. The minimum absolute atomic E-state index is 0.167. The third kappa shape index (κ3) is 3.40. The van der Waals surface area contributed by atoms with Gasteiger partial charge in [-0.3, -0.25) is 9.78 Å². The topological polar surface area (TPSA) is 54.0 Å². The summed E-state index contributed by atoms with van der Waals surface area (Å²) in [5, 5.41) is 6.71. The molecule has 1 aliphatic carbocycles. The van der Waals surface area contributed by atoms with Gasteiger partial charge in [0.15, 0.2) is 0 Å². The summed E-state index contributed by atoms with van der Waals surface area (Å²) >= 11 is 0. The molecule has 1 saturated carbocycles. The summed E-state index contributed by atoms with van der Waals surface area (Å²) in [7, 11) is 0. The molecule has 0 bridgehead atoms. The summed E-state index contributed by atoms with van der Waals surface area (Å²) in [6.07, 6.45) is 10.7. The first-order chi connectivity index (χ1) is 10.2. The number of nitrogens with one attached hydrogen (secondary N) is 2. The van der Waals surface area contributed by atoms with Gasteiger partial charge < -0.3 is 10.6 Å². The van der Waals surface area contributed by atoms with Crippen LogP contribution in [0.3, 0.4) is 0 Å². The monoisotopic (exact) mass is 291 g/mol. The predicted octanol–water partition coefficient (Wildman–Crippen LogP) is 2.41. The molecule has 1 atom stereocenters. The minimum Gasteiger partial charge on any atom is -0.349 e. The fraction of sp³-hybridized carbons (Fsp3) is 0.625. The Morgan fingerprint density at radius 2 is 2.14 bits per heavy atom. The molecule has 2 aliphatic rings. The van der Waals surface area contributed by atoms with Gasteiger partial charge >= 0.3 is 0 Å². The lowest BCUT2D eigenvalue weighted by Gasteiger charge is -2.44. The van der Waals surface area contributed by atoms with Crippen LogP contribution >= 0.6 is 0 Å². The van der Waals surface area contributed by atoms with Crippen LogP contribution in [0.5, 0.6) is 0 Å². The Labute approximate surface area is 124 Å². The van der Waals surface area contributed by atoms with Crippen molar-refractivity contribution in [3.05, 3.63) is 29.8 Å². The number of nitrogens with zero attached hydrogens (tertiary/aromatic N) is 1. The number of piperidine rings is 1. The highest BCUT2D eigenvalue weighted by molar-refractivity contribution is 5.94. The number of hydrogen-bond donors (Lipinski definition) is 2. The highest BCUT2D eigenvalue weighted by Crippen LogP contribution is 2.34. The van der Waals surface area contributed by atoms with Gasteiger partial charge in [-0.1, -0.05) is 19.3 Å². The van der Waals surface area contributed by atoms with Crippen LogP contribution in [0.25, 0.3) is 0 Å². The second-order valence-electron chi connectivity index (χ2n) is 6.32. The molecule has 2 heterocycles. The van der Waals surface area contributed by atoms with Gasteiger partial charge in [-0.25, -0.2) is 4.39 Å². The average Bonchev–Trinajstić information content (AvgIpc) is 2.48. The van der Waals surface area contributed by atoms with Crippen LogP contribution in [0, 0.1) is 5.82 Å². The molecule has 1 spiro atoms. The largest absolute Gasteiger partial charge is 0.349 e. The van der Waals surface area contributed by atoms with Gasteiger partial charge in [-0.05, 0) is 38.3 Å². The molecular formula is C16H22FN3O. The summed E-state index contributed by atoms with van der Waals surface area (Å²) in [5.41, 5.74) is 0.500. The van der Waals surface area contributed by atoms with E-state index in [2.05, 4.69) is 15.6 Å². The third-order valence-electron chi connectivity index (χ3n) is 4.74. The summed E-state index contributed by atoms with van der Waals surface area (Å²) in [6, 6.07) is 1.40. The van der Waals surface area contributed by atoms with E-state index in [1.807, 2.05) is 0 Å². The van der Waals surface area contributed by atoms with E-state index in [1.165, 1.54) is 44.4 Å². The number of amides is 1. The van der Waals surface area contributed by atoms with Gasteiger partial charge in [0, 0.05) is 17.8 Å². The number of pyridine rings is 1. The van der Waals surface area contributed by atoms with Crippen LogP contribution in [0.1, 0.15) is 55.3 Å². The minimum atomic E-state index is -0.475. The Balaban J connectivity index is 1.63. The molecule has 2 fully saturated rings. The van der Waals surface area contributed by atoms with E-state index in [1.54, 1.807) is 0 Å². The number of halogens is 1. The zero-order chi connectivity index (χ0) is 14.7. The SMILES string of the molecule is O=C(NC1CCNC2(CCCCC2)C1)c1cncc(F)c1. The van der Waals surface area contributed by atoms with E-state index in [9.17, 15) is 9.18 Å². The Bertz CT molecular complexity index is 508.